The van der Waals surface area contributed by atoms with Crippen LogP contribution in [-0.2, 0) is 4.74 Å². The highest BCUT2D eigenvalue weighted by atomic mass is 16.5. The molecule has 0 N–H and O–H groups in total. The van der Waals surface area contributed by atoms with Crippen molar-refractivity contribution in [2.45, 2.75) is 38.3 Å². The number of piperidine rings is 1. The Morgan fingerprint density at radius 2 is 1.93 bits per heavy atom. The van der Waals surface area contributed by atoms with E-state index in [2.05, 4.69) is 52.9 Å². The molecule has 2 aromatic heterocycles. The number of aryl methyl sites for hydroxylation is 1. The predicted octanol–water partition coefficient (Wildman–Crippen LogP) is 3.84. The topological polar surface area (TPSA) is 52.4 Å². The Bertz CT molecular complexity index is 1000. The Morgan fingerprint density at radius 3 is 2.69 bits per heavy atom. The molecule has 3 aromatic rings. The number of aromatic nitrogens is 3. The van der Waals surface area contributed by atoms with E-state index in [1.807, 2.05) is 12.4 Å². The summed E-state index contributed by atoms with van der Waals surface area (Å²) in [4.78, 5) is 7.16. The molecule has 152 valence electrons. The molecular weight excluding hydrogens is 364 g/mol. The minimum absolute atomic E-state index is 0.169. The zero-order valence-corrected chi connectivity index (χ0v) is 17.2. The van der Waals surface area contributed by atoms with Crippen molar-refractivity contribution in [2.24, 2.45) is 0 Å². The standard InChI is InChI=1S/C23H28N4O2/c1-16-11-17(3-4-22(16)29-21-7-10-28-15-21)18-12-19-14-25-27(23(19)24-13-18)20-5-8-26(2)9-6-20/h3-4,11-14,20-21H,5-10,15H2,1-2H3. The summed E-state index contributed by atoms with van der Waals surface area (Å²) < 4.78 is 13.6. The van der Waals surface area contributed by atoms with Crippen molar-refractivity contribution in [3.05, 3.63) is 42.2 Å². The SMILES string of the molecule is Cc1cc(-c2cnc3c(cnn3C3CCN(C)CC3)c2)ccc1OC1CCOC1. The van der Waals surface area contributed by atoms with E-state index >= 15 is 0 Å². The zero-order chi connectivity index (χ0) is 19.8. The monoisotopic (exact) mass is 392 g/mol. The summed E-state index contributed by atoms with van der Waals surface area (Å²) in [6.45, 7) is 5.80. The van der Waals surface area contributed by atoms with E-state index in [1.165, 1.54) is 0 Å². The molecule has 2 aliphatic rings. The second kappa shape index (κ2) is 7.76. The van der Waals surface area contributed by atoms with Gasteiger partial charge >= 0.3 is 0 Å². The molecule has 4 heterocycles. The number of fused-ring (bicyclic) bond motifs is 1. The average molecular weight is 393 g/mol. The smallest absolute Gasteiger partial charge is 0.158 e. The summed E-state index contributed by atoms with van der Waals surface area (Å²) in [5.74, 6) is 0.938. The molecule has 0 amide bonds. The molecule has 0 spiro atoms. The van der Waals surface area contributed by atoms with Crippen molar-refractivity contribution in [3.63, 3.8) is 0 Å². The molecule has 1 atom stereocenters. The summed E-state index contributed by atoms with van der Waals surface area (Å²) in [6, 6.07) is 8.99. The van der Waals surface area contributed by atoms with Gasteiger partial charge in [0.25, 0.3) is 0 Å². The van der Waals surface area contributed by atoms with Crippen LogP contribution in [0.5, 0.6) is 5.75 Å². The minimum atomic E-state index is 0.169. The van der Waals surface area contributed by atoms with Gasteiger partial charge in [-0.15, -0.1) is 0 Å². The van der Waals surface area contributed by atoms with Gasteiger partial charge in [-0.25, -0.2) is 9.67 Å². The van der Waals surface area contributed by atoms with E-state index < -0.39 is 0 Å². The second-order valence-electron chi connectivity index (χ2n) is 8.34. The number of nitrogens with zero attached hydrogens (tertiary/aromatic N) is 4. The van der Waals surface area contributed by atoms with E-state index in [0.29, 0.717) is 12.6 Å². The molecule has 6 heteroatoms. The lowest BCUT2D eigenvalue weighted by Gasteiger charge is -2.29. The average Bonchev–Trinajstić information content (AvgIpc) is 3.39. The van der Waals surface area contributed by atoms with Gasteiger partial charge in [-0.3, -0.25) is 0 Å². The maximum atomic E-state index is 6.09. The van der Waals surface area contributed by atoms with Crippen molar-refractivity contribution in [3.8, 4) is 16.9 Å². The van der Waals surface area contributed by atoms with Gasteiger partial charge in [-0.1, -0.05) is 6.07 Å². The number of likely N-dealkylation sites (tertiary alicyclic amines) is 1. The zero-order valence-electron chi connectivity index (χ0n) is 17.2. The van der Waals surface area contributed by atoms with Gasteiger partial charge in [0.15, 0.2) is 5.65 Å². The molecule has 0 aliphatic carbocycles. The van der Waals surface area contributed by atoms with Crippen LogP contribution < -0.4 is 4.74 Å². The lowest BCUT2D eigenvalue weighted by atomic mass is 10.0. The van der Waals surface area contributed by atoms with E-state index in [4.69, 9.17) is 14.5 Å². The maximum Gasteiger partial charge on any atom is 0.158 e. The van der Waals surface area contributed by atoms with E-state index in [1.54, 1.807) is 0 Å². The Labute approximate surface area is 171 Å². The normalized spacial score (nSPS) is 21.1. The number of pyridine rings is 1. The van der Waals surface area contributed by atoms with Crippen LogP contribution in [0.15, 0.2) is 36.7 Å². The Balaban J connectivity index is 1.38. The van der Waals surface area contributed by atoms with E-state index in [0.717, 1.165) is 72.4 Å². The van der Waals surface area contributed by atoms with Gasteiger partial charge in [0, 0.05) is 23.6 Å². The predicted molar refractivity (Wildman–Crippen MR) is 113 cm³/mol. The first kappa shape index (κ1) is 18.6. The van der Waals surface area contributed by atoms with Crippen LogP contribution in [0.1, 0.15) is 30.9 Å². The van der Waals surface area contributed by atoms with Crippen molar-refractivity contribution in [2.75, 3.05) is 33.4 Å². The first-order chi connectivity index (χ1) is 14.2. The fourth-order valence-electron chi connectivity index (χ4n) is 4.35. The number of ether oxygens (including phenoxy) is 2. The van der Waals surface area contributed by atoms with Crippen LogP contribution in [0.4, 0.5) is 0 Å². The van der Waals surface area contributed by atoms with Crippen molar-refractivity contribution >= 4 is 11.0 Å². The third-order valence-corrected chi connectivity index (χ3v) is 6.16. The largest absolute Gasteiger partial charge is 0.488 e. The van der Waals surface area contributed by atoms with E-state index in [-0.39, 0.29) is 6.10 Å². The summed E-state index contributed by atoms with van der Waals surface area (Å²) >= 11 is 0. The summed E-state index contributed by atoms with van der Waals surface area (Å²) in [7, 11) is 2.18. The van der Waals surface area contributed by atoms with Gasteiger partial charge in [0.1, 0.15) is 11.9 Å². The van der Waals surface area contributed by atoms with Crippen LogP contribution in [-0.4, -0.2) is 59.1 Å². The molecule has 1 aromatic carbocycles. The number of benzene rings is 1. The Morgan fingerprint density at radius 1 is 1.07 bits per heavy atom. The second-order valence-corrected chi connectivity index (χ2v) is 8.34. The minimum Gasteiger partial charge on any atom is -0.488 e. The lowest BCUT2D eigenvalue weighted by molar-refractivity contribution is 0.141. The molecule has 6 nitrogen and oxygen atoms in total. The number of hydrogen-bond acceptors (Lipinski definition) is 5. The third-order valence-electron chi connectivity index (χ3n) is 6.16. The maximum absolute atomic E-state index is 6.09. The fourth-order valence-corrected chi connectivity index (χ4v) is 4.35. The molecule has 1 unspecified atom stereocenters. The summed E-state index contributed by atoms with van der Waals surface area (Å²) in [5.41, 5.74) is 4.39. The molecule has 0 saturated carbocycles. The molecule has 2 fully saturated rings. The van der Waals surface area contributed by atoms with Gasteiger partial charge in [0.2, 0.25) is 0 Å². The van der Waals surface area contributed by atoms with E-state index in [9.17, 15) is 0 Å². The highest BCUT2D eigenvalue weighted by Gasteiger charge is 2.21. The lowest BCUT2D eigenvalue weighted by Crippen LogP contribution is -2.31. The molecular formula is C23H28N4O2. The third kappa shape index (κ3) is 3.74. The fraction of sp³-hybridized carbons (Fsp3) is 0.478. The van der Waals surface area contributed by atoms with Gasteiger partial charge < -0.3 is 14.4 Å². The molecule has 5 rings (SSSR count). The number of hydrogen-bond donors (Lipinski definition) is 0. The van der Waals surface area contributed by atoms with Crippen molar-refractivity contribution in [1.82, 2.24) is 19.7 Å². The van der Waals surface area contributed by atoms with Crippen LogP contribution >= 0.6 is 0 Å². The van der Waals surface area contributed by atoms with Gasteiger partial charge in [-0.2, -0.15) is 5.10 Å². The van der Waals surface area contributed by atoms with Crippen LogP contribution in [0, 0.1) is 6.92 Å². The Kier molecular flexibility index (Phi) is 4.97. The van der Waals surface area contributed by atoms with Crippen LogP contribution in [0.3, 0.4) is 0 Å². The molecule has 0 bridgehead atoms. The number of rotatable bonds is 4. The molecule has 2 saturated heterocycles. The molecule has 2 aliphatic heterocycles. The highest BCUT2D eigenvalue weighted by Crippen LogP contribution is 2.30. The highest BCUT2D eigenvalue weighted by molar-refractivity contribution is 5.81. The summed E-state index contributed by atoms with van der Waals surface area (Å²) in [6.07, 6.45) is 7.31. The first-order valence-electron chi connectivity index (χ1n) is 10.5. The first-order valence-corrected chi connectivity index (χ1v) is 10.5. The molecule has 29 heavy (non-hydrogen) atoms. The van der Waals surface area contributed by atoms with Crippen molar-refractivity contribution in [1.29, 1.82) is 0 Å². The Hall–Kier alpha value is -2.44. The van der Waals surface area contributed by atoms with Gasteiger partial charge in [0.05, 0.1) is 25.5 Å². The van der Waals surface area contributed by atoms with Gasteiger partial charge in [-0.05, 0) is 69.2 Å². The van der Waals surface area contributed by atoms with Crippen LogP contribution in [0.25, 0.3) is 22.2 Å². The molecule has 0 radical (unpaired) electrons. The van der Waals surface area contributed by atoms with Crippen molar-refractivity contribution < 1.29 is 9.47 Å². The quantitative estimate of drug-likeness (QED) is 0.675. The summed E-state index contributed by atoms with van der Waals surface area (Å²) in [5, 5.41) is 5.77. The van der Waals surface area contributed by atoms with Crippen LogP contribution in [0.2, 0.25) is 0 Å².